The zero-order chi connectivity index (χ0) is 20.9. The van der Waals surface area contributed by atoms with Crippen molar-refractivity contribution in [3.8, 4) is 5.69 Å². The fourth-order valence-corrected chi connectivity index (χ4v) is 3.57. The predicted octanol–water partition coefficient (Wildman–Crippen LogP) is 1.64. The van der Waals surface area contributed by atoms with Crippen LogP contribution in [0.25, 0.3) is 22.6 Å². The Balaban J connectivity index is 1.96. The molecule has 3 heterocycles. The summed E-state index contributed by atoms with van der Waals surface area (Å²) >= 11 is 0. The first-order valence-corrected chi connectivity index (χ1v) is 9.36. The average molecular weight is 395 g/mol. The fraction of sp³-hybridized carbons (Fsp3) is 0.300. The van der Waals surface area contributed by atoms with Crippen molar-refractivity contribution in [2.45, 2.75) is 27.3 Å². The Labute approximate surface area is 165 Å². The minimum Gasteiger partial charge on any atom is -0.462 e. The molecule has 4 rings (SSSR count). The number of hydrogen-bond acceptors (Lipinski definition) is 5. The van der Waals surface area contributed by atoms with Crippen LogP contribution in [0.3, 0.4) is 0 Å². The number of benzene rings is 1. The number of ether oxygens (including phenoxy) is 1. The summed E-state index contributed by atoms with van der Waals surface area (Å²) in [6.07, 6.45) is 1.82. The molecule has 150 valence electrons. The smallest absolute Gasteiger partial charge is 0.338 e. The molecule has 9 heteroatoms. The van der Waals surface area contributed by atoms with Crippen LogP contribution in [0.1, 0.15) is 29.9 Å². The number of esters is 1. The van der Waals surface area contributed by atoms with Gasteiger partial charge in [0.2, 0.25) is 5.78 Å². The summed E-state index contributed by atoms with van der Waals surface area (Å²) in [5, 5.41) is 0. The van der Waals surface area contributed by atoms with E-state index in [-0.39, 0.29) is 18.1 Å². The number of carbonyl (C=O) groups is 1. The molecule has 0 radical (unpaired) electrons. The van der Waals surface area contributed by atoms with E-state index in [9.17, 15) is 14.4 Å². The topological polar surface area (TPSA) is 92.5 Å². The largest absolute Gasteiger partial charge is 0.462 e. The SMILES string of the molecule is CCOC(=O)c1ccc(-n2c(C)cn3c4c(=O)n(CC)c(=O)n(C)c4nc23)cc1. The van der Waals surface area contributed by atoms with Crippen molar-refractivity contribution in [1.29, 1.82) is 0 Å². The highest BCUT2D eigenvalue weighted by atomic mass is 16.5. The molecule has 0 saturated heterocycles. The molecule has 0 aliphatic heterocycles. The van der Waals surface area contributed by atoms with Crippen LogP contribution in [-0.2, 0) is 18.3 Å². The van der Waals surface area contributed by atoms with E-state index in [4.69, 9.17) is 4.74 Å². The first-order chi connectivity index (χ1) is 13.9. The number of aryl methyl sites for hydroxylation is 2. The zero-order valence-electron chi connectivity index (χ0n) is 16.7. The Morgan fingerprint density at radius 1 is 1.14 bits per heavy atom. The van der Waals surface area contributed by atoms with Crippen molar-refractivity contribution in [3.05, 3.63) is 62.6 Å². The molecule has 0 atom stereocenters. The summed E-state index contributed by atoms with van der Waals surface area (Å²) in [6, 6.07) is 6.96. The molecular formula is C20H21N5O4. The van der Waals surface area contributed by atoms with Gasteiger partial charge in [0, 0.05) is 31.2 Å². The van der Waals surface area contributed by atoms with Gasteiger partial charge in [0.1, 0.15) is 0 Å². The highest BCUT2D eigenvalue weighted by molar-refractivity contribution is 5.89. The van der Waals surface area contributed by atoms with E-state index >= 15 is 0 Å². The molecular weight excluding hydrogens is 374 g/mol. The van der Waals surface area contributed by atoms with Gasteiger partial charge in [-0.2, -0.15) is 4.98 Å². The molecule has 0 N–H and O–H groups in total. The highest BCUT2D eigenvalue weighted by Crippen LogP contribution is 2.21. The summed E-state index contributed by atoms with van der Waals surface area (Å²) < 4.78 is 11.2. The van der Waals surface area contributed by atoms with Crippen molar-refractivity contribution < 1.29 is 9.53 Å². The van der Waals surface area contributed by atoms with Gasteiger partial charge in [0.25, 0.3) is 5.56 Å². The molecule has 0 aliphatic rings. The Hall–Kier alpha value is -3.62. The van der Waals surface area contributed by atoms with Gasteiger partial charge < -0.3 is 4.74 Å². The summed E-state index contributed by atoms with van der Waals surface area (Å²) in [7, 11) is 1.61. The third-order valence-electron chi connectivity index (χ3n) is 4.98. The van der Waals surface area contributed by atoms with Gasteiger partial charge in [-0.3, -0.25) is 22.9 Å². The van der Waals surface area contributed by atoms with Gasteiger partial charge in [-0.05, 0) is 45.0 Å². The monoisotopic (exact) mass is 395 g/mol. The van der Waals surface area contributed by atoms with E-state index in [1.54, 1.807) is 49.6 Å². The van der Waals surface area contributed by atoms with Gasteiger partial charge in [-0.1, -0.05) is 0 Å². The molecule has 0 aliphatic carbocycles. The Kier molecular flexibility index (Phi) is 4.37. The second-order valence-electron chi connectivity index (χ2n) is 6.72. The fourth-order valence-electron chi connectivity index (χ4n) is 3.57. The Morgan fingerprint density at radius 2 is 1.83 bits per heavy atom. The van der Waals surface area contributed by atoms with Crippen LogP contribution in [-0.4, -0.2) is 35.7 Å². The molecule has 29 heavy (non-hydrogen) atoms. The van der Waals surface area contributed by atoms with E-state index in [0.717, 1.165) is 11.4 Å². The number of imidazole rings is 2. The van der Waals surface area contributed by atoms with E-state index in [0.29, 0.717) is 29.1 Å². The normalized spacial score (nSPS) is 11.4. The molecule has 0 bridgehead atoms. The van der Waals surface area contributed by atoms with Crippen molar-refractivity contribution in [2.75, 3.05) is 6.61 Å². The lowest BCUT2D eigenvalue weighted by Gasteiger charge is -2.07. The molecule has 3 aromatic heterocycles. The van der Waals surface area contributed by atoms with Crippen LogP contribution in [0.5, 0.6) is 0 Å². The number of hydrogen-bond donors (Lipinski definition) is 0. The maximum Gasteiger partial charge on any atom is 0.338 e. The maximum atomic E-state index is 12.9. The first kappa shape index (κ1) is 18.7. The number of rotatable bonds is 4. The third kappa shape index (κ3) is 2.69. The molecule has 9 nitrogen and oxygen atoms in total. The molecule has 0 spiro atoms. The van der Waals surface area contributed by atoms with Crippen LogP contribution in [0.15, 0.2) is 40.1 Å². The van der Waals surface area contributed by atoms with E-state index < -0.39 is 5.69 Å². The minimum atomic E-state index is -0.396. The summed E-state index contributed by atoms with van der Waals surface area (Å²) in [4.78, 5) is 41.8. The lowest BCUT2D eigenvalue weighted by atomic mass is 10.2. The van der Waals surface area contributed by atoms with Crippen LogP contribution in [0.2, 0.25) is 0 Å². The summed E-state index contributed by atoms with van der Waals surface area (Å²) in [6.45, 7) is 6.01. The maximum absolute atomic E-state index is 12.9. The van der Waals surface area contributed by atoms with Crippen LogP contribution < -0.4 is 11.2 Å². The number of carbonyl (C=O) groups excluding carboxylic acids is 1. The van der Waals surface area contributed by atoms with E-state index in [1.807, 2.05) is 17.7 Å². The lowest BCUT2D eigenvalue weighted by molar-refractivity contribution is 0.0526. The van der Waals surface area contributed by atoms with Crippen molar-refractivity contribution in [1.82, 2.24) is 23.1 Å². The van der Waals surface area contributed by atoms with E-state index in [1.165, 1.54) is 9.13 Å². The third-order valence-corrected chi connectivity index (χ3v) is 4.98. The van der Waals surface area contributed by atoms with Crippen LogP contribution >= 0.6 is 0 Å². The van der Waals surface area contributed by atoms with Crippen LogP contribution in [0.4, 0.5) is 0 Å². The van der Waals surface area contributed by atoms with Gasteiger partial charge >= 0.3 is 11.7 Å². The highest BCUT2D eigenvalue weighted by Gasteiger charge is 2.20. The van der Waals surface area contributed by atoms with Crippen molar-refractivity contribution in [3.63, 3.8) is 0 Å². The molecule has 0 fully saturated rings. The minimum absolute atomic E-state index is 0.281. The molecule has 0 unspecified atom stereocenters. The molecule has 1 aromatic carbocycles. The Morgan fingerprint density at radius 3 is 2.45 bits per heavy atom. The predicted molar refractivity (Wildman–Crippen MR) is 108 cm³/mol. The standard InChI is InChI=1S/C20H21N5O4/c1-5-23-17(26)15-16(22(4)20(23)28)21-19-24(15)11-12(3)25(19)14-9-7-13(8-10-14)18(27)29-6-2/h7-11H,5-6H2,1-4H3. The van der Waals surface area contributed by atoms with Gasteiger partial charge in [0.05, 0.1) is 12.2 Å². The number of aromatic nitrogens is 5. The van der Waals surface area contributed by atoms with Crippen molar-refractivity contribution in [2.24, 2.45) is 7.05 Å². The number of fused-ring (bicyclic) bond motifs is 3. The number of nitrogens with zero attached hydrogens (tertiary/aromatic N) is 5. The molecule has 0 saturated carbocycles. The average Bonchev–Trinajstić information content (AvgIpc) is 3.21. The van der Waals surface area contributed by atoms with Gasteiger partial charge in [-0.15, -0.1) is 0 Å². The second-order valence-corrected chi connectivity index (χ2v) is 6.72. The summed E-state index contributed by atoms with van der Waals surface area (Å²) in [5.74, 6) is 0.137. The van der Waals surface area contributed by atoms with E-state index in [2.05, 4.69) is 4.98 Å². The van der Waals surface area contributed by atoms with Gasteiger partial charge in [0.15, 0.2) is 11.2 Å². The Bertz CT molecular complexity index is 1370. The lowest BCUT2D eigenvalue weighted by Crippen LogP contribution is -2.38. The van der Waals surface area contributed by atoms with Crippen molar-refractivity contribution >= 4 is 22.9 Å². The quantitative estimate of drug-likeness (QED) is 0.490. The van der Waals surface area contributed by atoms with Crippen LogP contribution in [0, 0.1) is 6.92 Å². The summed E-state index contributed by atoms with van der Waals surface area (Å²) in [5.41, 5.74) is 2.01. The first-order valence-electron chi connectivity index (χ1n) is 9.36. The second kappa shape index (κ2) is 6.77. The van der Waals surface area contributed by atoms with Gasteiger partial charge in [-0.25, -0.2) is 9.59 Å². The zero-order valence-corrected chi connectivity index (χ0v) is 16.7. The molecule has 4 aromatic rings. The molecule has 0 amide bonds.